The standard InChI is InChI=1S/C13H21N/c1-4-5-11(3)13-8-10(2)6-7-12(13)9-14/h10-11H,4-8H2,1-3H3. The Morgan fingerprint density at radius 1 is 1.57 bits per heavy atom. The molecule has 0 amide bonds. The molecular formula is C13H21N. The third-order valence-electron chi connectivity index (χ3n) is 3.29. The topological polar surface area (TPSA) is 23.8 Å². The molecule has 0 aromatic carbocycles. The van der Waals surface area contributed by atoms with Gasteiger partial charge in [0, 0.05) is 5.57 Å². The molecule has 0 saturated heterocycles. The van der Waals surface area contributed by atoms with Crippen molar-refractivity contribution in [2.24, 2.45) is 11.8 Å². The molecule has 2 unspecified atom stereocenters. The van der Waals surface area contributed by atoms with Crippen molar-refractivity contribution < 1.29 is 0 Å². The molecule has 1 aliphatic carbocycles. The van der Waals surface area contributed by atoms with Crippen LogP contribution in [-0.2, 0) is 0 Å². The van der Waals surface area contributed by atoms with Crippen molar-refractivity contribution in [1.82, 2.24) is 0 Å². The zero-order valence-corrected chi connectivity index (χ0v) is 9.64. The predicted molar refractivity (Wildman–Crippen MR) is 59.7 cm³/mol. The monoisotopic (exact) mass is 191 g/mol. The SMILES string of the molecule is CCCC(C)C1=C(C#N)CCC(C)C1. The fraction of sp³-hybridized carbons (Fsp3) is 0.769. The van der Waals surface area contributed by atoms with Crippen LogP contribution in [0.1, 0.15) is 52.9 Å². The summed E-state index contributed by atoms with van der Waals surface area (Å²) >= 11 is 0. The van der Waals surface area contributed by atoms with E-state index in [-0.39, 0.29) is 0 Å². The number of rotatable bonds is 3. The molecule has 0 N–H and O–H groups in total. The minimum atomic E-state index is 0.623. The van der Waals surface area contributed by atoms with Crippen molar-refractivity contribution in [1.29, 1.82) is 5.26 Å². The first-order valence-corrected chi connectivity index (χ1v) is 5.81. The zero-order valence-electron chi connectivity index (χ0n) is 9.64. The van der Waals surface area contributed by atoms with E-state index < -0.39 is 0 Å². The average molecular weight is 191 g/mol. The van der Waals surface area contributed by atoms with Crippen LogP contribution in [0.3, 0.4) is 0 Å². The minimum Gasteiger partial charge on any atom is -0.193 e. The van der Waals surface area contributed by atoms with Crippen LogP contribution in [0.4, 0.5) is 0 Å². The van der Waals surface area contributed by atoms with Crippen molar-refractivity contribution in [3.05, 3.63) is 11.1 Å². The molecule has 0 fully saturated rings. The molecule has 1 heteroatoms. The van der Waals surface area contributed by atoms with Gasteiger partial charge in [-0.05, 0) is 37.5 Å². The first kappa shape index (κ1) is 11.3. The molecule has 0 aromatic heterocycles. The Hall–Kier alpha value is -0.770. The van der Waals surface area contributed by atoms with Gasteiger partial charge in [0.05, 0.1) is 6.07 Å². The summed E-state index contributed by atoms with van der Waals surface area (Å²) in [6.45, 7) is 6.79. The van der Waals surface area contributed by atoms with Gasteiger partial charge in [-0.2, -0.15) is 5.26 Å². The normalized spacial score (nSPS) is 24.6. The number of nitriles is 1. The molecule has 0 bridgehead atoms. The maximum Gasteiger partial charge on any atom is 0.0946 e. The molecular weight excluding hydrogens is 170 g/mol. The quantitative estimate of drug-likeness (QED) is 0.660. The van der Waals surface area contributed by atoms with Crippen molar-refractivity contribution in [2.75, 3.05) is 0 Å². The fourth-order valence-corrected chi connectivity index (χ4v) is 2.39. The van der Waals surface area contributed by atoms with Crippen LogP contribution in [0.15, 0.2) is 11.1 Å². The molecule has 78 valence electrons. The van der Waals surface area contributed by atoms with Crippen LogP contribution in [0.2, 0.25) is 0 Å². The van der Waals surface area contributed by atoms with E-state index in [0.29, 0.717) is 5.92 Å². The molecule has 1 aliphatic rings. The maximum atomic E-state index is 9.06. The third-order valence-corrected chi connectivity index (χ3v) is 3.29. The highest BCUT2D eigenvalue weighted by molar-refractivity contribution is 5.31. The fourth-order valence-electron chi connectivity index (χ4n) is 2.39. The lowest BCUT2D eigenvalue weighted by atomic mass is 9.79. The summed E-state index contributed by atoms with van der Waals surface area (Å²) in [6.07, 6.45) is 5.82. The second-order valence-corrected chi connectivity index (χ2v) is 4.65. The van der Waals surface area contributed by atoms with Gasteiger partial charge >= 0.3 is 0 Å². The van der Waals surface area contributed by atoms with E-state index in [0.717, 1.165) is 24.3 Å². The third kappa shape index (κ3) is 2.61. The van der Waals surface area contributed by atoms with Gasteiger partial charge < -0.3 is 0 Å². The number of hydrogen-bond acceptors (Lipinski definition) is 1. The second kappa shape index (κ2) is 5.20. The summed E-state index contributed by atoms with van der Waals surface area (Å²) in [5.41, 5.74) is 2.54. The highest BCUT2D eigenvalue weighted by Crippen LogP contribution is 2.34. The van der Waals surface area contributed by atoms with Gasteiger partial charge in [0.1, 0.15) is 0 Å². The molecule has 0 saturated carbocycles. The molecule has 1 nitrogen and oxygen atoms in total. The minimum absolute atomic E-state index is 0.623. The van der Waals surface area contributed by atoms with E-state index in [2.05, 4.69) is 26.8 Å². The van der Waals surface area contributed by atoms with Gasteiger partial charge in [0.15, 0.2) is 0 Å². The number of nitrogens with zero attached hydrogens (tertiary/aromatic N) is 1. The van der Waals surface area contributed by atoms with Gasteiger partial charge in [-0.15, -0.1) is 0 Å². The molecule has 0 aromatic rings. The van der Waals surface area contributed by atoms with E-state index >= 15 is 0 Å². The lowest BCUT2D eigenvalue weighted by Crippen LogP contribution is -2.12. The Morgan fingerprint density at radius 2 is 2.29 bits per heavy atom. The van der Waals surface area contributed by atoms with Gasteiger partial charge in [-0.3, -0.25) is 0 Å². The lowest BCUT2D eigenvalue weighted by Gasteiger charge is -2.25. The van der Waals surface area contributed by atoms with Gasteiger partial charge in [0.2, 0.25) is 0 Å². The molecule has 0 radical (unpaired) electrons. The van der Waals surface area contributed by atoms with Gasteiger partial charge in [-0.1, -0.05) is 32.8 Å². The summed E-state index contributed by atoms with van der Waals surface area (Å²) in [6, 6.07) is 2.39. The maximum absolute atomic E-state index is 9.06. The molecule has 2 atom stereocenters. The summed E-state index contributed by atoms with van der Waals surface area (Å²) in [4.78, 5) is 0. The Labute approximate surface area is 87.8 Å². The highest BCUT2D eigenvalue weighted by Gasteiger charge is 2.21. The van der Waals surface area contributed by atoms with Crippen LogP contribution < -0.4 is 0 Å². The predicted octanol–water partition coefficient (Wildman–Crippen LogP) is 4.06. The molecule has 0 spiro atoms. The first-order valence-electron chi connectivity index (χ1n) is 5.81. The number of hydrogen-bond donors (Lipinski definition) is 0. The smallest absolute Gasteiger partial charge is 0.0946 e. The molecule has 1 rings (SSSR count). The summed E-state index contributed by atoms with van der Waals surface area (Å²) in [5, 5.41) is 9.06. The summed E-state index contributed by atoms with van der Waals surface area (Å²) in [7, 11) is 0. The lowest BCUT2D eigenvalue weighted by molar-refractivity contribution is 0.451. The van der Waals surface area contributed by atoms with E-state index in [1.54, 1.807) is 0 Å². The van der Waals surface area contributed by atoms with Crippen LogP contribution in [0.5, 0.6) is 0 Å². The molecule has 0 heterocycles. The molecule has 0 aliphatic heterocycles. The van der Waals surface area contributed by atoms with E-state index in [1.165, 1.54) is 24.8 Å². The van der Waals surface area contributed by atoms with Crippen molar-refractivity contribution in [3.63, 3.8) is 0 Å². The van der Waals surface area contributed by atoms with Crippen molar-refractivity contribution >= 4 is 0 Å². The Bertz CT molecular complexity index is 257. The second-order valence-electron chi connectivity index (χ2n) is 4.65. The summed E-state index contributed by atoms with van der Waals surface area (Å²) in [5.74, 6) is 1.40. The Morgan fingerprint density at radius 3 is 2.86 bits per heavy atom. The first-order chi connectivity index (χ1) is 6.69. The zero-order chi connectivity index (χ0) is 10.6. The van der Waals surface area contributed by atoms with Crippen LogP contribution >= 0.6 is 0 Å². The van der Waals surface area contributed by atoms with E-state index in [4.69, 9.17) is 5.26 Å². The van der Waals surface area contributed by atoms with Crippen LogP contribution in [-0.4, -0.2) is 0 Å². The van der Waals surface area contributed by atoms with Gasteiger partial charge in [-0.25, -0.2) is 0 Å². The van der Waals surface area contributed by atoms with E-state index in [9.17, 15) is 0 Å². The summed E-state index contributed by atoms with van der Waals surface area (Å²) < 4.78 is 0. The van der Waals surface area contributed by atoms with Crippen LogP contribution in [0, 0.1) is 23.2 Å². The highest BCUT2D eigenvalue weighted by atomic mass is 14.3. The average Bonchev–Trinajstić information content (AvgIpc) is 2.18. The molecule has 14 heavy (non-hydrogen) atoms. The van der Waals surface area contributed by atoms with Gasteiger partial charge in [0.25, 0.3) is 0 Å². The van der Waals surface area contributed by atoms with Crippen molar-refractivity contribution in [2.45, 2.75) is 52.9 Å². The largest absolute Gasteiger partial charge is 0.193 e. The number of allylic oxidation sites excluding steroid dienone is 2. The Kier molecular flexibility index (Phi) is 4.20. The van der Waals surface area contributed by atoms with E-state index in [1.807, 2.05) is 0 Å². The van der Waals surface area contributed by atoms with Crippen molar-refractivity contribution in [3.8, 4) is 6.07 Å². The Balaban J connectivity index is 2.79. The van der Waals surface area contributed by atoms with Crippen LogP contribution in [0.25, 0.3) is 0 Å².